The first-order valence-electron chi connectivity index (χ1n) is 8.41. The van der Waals surface area contributed by atoms with Gasteiger partial charge in [-0.1, -0.05) is 11.6 Å². The Labute approximate surface area is 141 Å². The van der Waals surface area contributed by atoms with Gasteiger partial charge >= 0.3 is 0 Å². The van der Waals surface area contributed by atoms with Crippen molar-refractivity contribution in [3.8, 4) is 0 Å². The van der Waals surface area contributed by atoms with Crippen molar-refractivity contribution in [3.05, 3.63) is 53.2 Å². The van der Waals surface area contributed by atoms with Crippen molar-refractivity contribution >= 4 is 16.8 Å². The lowest BCUT2D eigenvalue weighted by Crippen LogP contribution is -2.32. The van der Waals surface area contributed by atoms with Crippen molar-refractivity contribution in [1.29, 1.82) is 0 Å². The van der Waals surface area contributed by atoms with Crippen molar-refractivity contribution < 1.29 is 4.79 Å². The number of aromatic amines is 1. The van der Waals surface area contributed by atoms with E-state index in [4.69, 9.17) is 0 Å². The van der Waals surface area contributed by atoms with Crippen molar-refractivity contribution in [2.24, 2.45) is 13.0 Å². The lowest BCUT2D eigenvalue weighted by Gasteiger charge is -2.18. The standard InChI is InChI=1S/C19H22N4O/c1-11-4-7-15-14(10-11)12(2)16(21-15)19(24)22-17(13-5-6-13)18-20-8-9-23(18)3/h4,7-10,13,17,21H,5-6H2,1-3H3,(H,22,24)/t17-/m0/s1. The Morgan fingerprint density at radius 2 is 2.17 bits per heavy atom. The molecule has 0 bridgehead atoms. The molecular weight excluding hydrogens is 300 g/mol. The van der Waals surface area contributed by atoms with Gasteiger partial charge in [-0.05, 0) is 50.3 Å². The number of aromatic nitrogens is 3. The molecule has 24 heavy (non-hydrogen) atoms. The van der Waals surface area contributed by atoms with E-state index in [1.54, 1.807) is 6.20 Å². The Kier molecular flexibility index (Phi) is 3.44. The molecule has 1 aliphatic carbocycles. The van der Waals surface area contributed by atoms with Gasteiger partial charge in [-0.15, -0.1) is 0 Å². The number of benzene rings is 1. The van der Waals surface area contributed by atoms with Gasteiger partial charge < -0.3 is 14.9 Å². The third-order valence-corrected chi connectivity index (χ3v) is 4.96. The van der Waals surface area contributed by atoms with Crippen LogP contribution in [-0.2, 0) is 7.05 Å². The van der Waals surface area contributed by atoms with Crippen LogP contribution in [0, 0.1) is 19.8 Å². The van der Waals surface area contributed by atoms with Crippen molar-refractivity contribution in [2.45, 2.75) is 32.7 Å². The van der Waals surface area contributed by atoms with Crippen LogP contribution in [0.1, 0.15) is 46.3 Å². The van der Waals surface area contributed by atoms with Crippen LogP contribution in [0.25, 0.3) is 10.9 Å². The fourth-order valence-electron chi connectivity index (χ4n) is 3.38. The summed E-state index contributed by atoms with van der Waals surface area (Å²) in [5.41, 5.74) is 3.85. The predicted molar refractivity (Wildman–Crippen MR) is 93.9 cm³/mol. The molecule has 0 aliphatic heterocycles. The molecule has 124 valence electrons. The molecule has 1 fully saturated rings. The summed E-state index contributed by atoms with van der Waals surface area (Å²) in [7, 11) is 1.97. The highest BCUT2D eigenvalue weighted by Gasteiger charge is 2.36. The third-order valence-electron chi connectivity index (χ3n) is 4.96. The molecule has 0 unspecified atom stereocenters. The highest BCUT2D eigenvalue weighted by Crippen LogP contribution is 2.40. The molecule has 2 aromatic heterocycles. The molecule has 2 heterocycles. The van der Waals surface area contributed by atoms with E-state index in [1.165, 1.54) is 5.56 Å². The van der Waals surface area contributed by atoms with Crippen molar-refractivity contribution in [2.75, 3.05) is 0 Å². The number of nitrogens with one attached hydrogen (secondary N) is 2. The fraction of sp³-hybridized carbons (Fsp3) is 0.368. The molecule has 1 aromatic carbocycles. The minimum Gasteiger partial charge on any atom is -0.350 e. The summed E-state index contributed by atoms with van der Waals surface area (Å²) in [6.45, 7) is 4.07. The van der Waals surface area contributed by atoms with E-state index in [-0.39, 0.29) is 11.9 Å². The van der Waals surface area contributed by atoms with Gasteiger partial charge in [0.2, 0.25) is 0 Å². The van der Waals surface area contributed by atoms with Gasteiger partial charge in [0.05, 0.1) is 6.04 Å². The second-order valence-electron chi connectivity index (χ2n) is 6.86. The van der Waals surface area contributed by atoms with Crippen LogP contribution in [0.3, 0.4) is 0 Å². The maximum absolute atomic E-state index is 12.9. The topological polar surface area (TPSA) is 62.7 Å². The second-order valence-corrected chi connectivity index (χ2v) is 6.86. The molecule has 1 atom stereocenters. The van der Waals surface area contributed by atoms with Crippen LogP contribution >= 0.6 is 0 Å². The van der Waals surface area contributed by atoms with Gasteiger partial charge in [0.1, 0.15) is 11.5 Å². The summed E-state index contributed by atoms with van der Waals surface area (Å²) < 4.78 is 1.99. The summed E-state index contributed by atoms with van der Waals surface area (Å²) in [5.74, 6) is 1.36. The fourth-order valence-corrected chi connectivity index (χ4v) is 3.38. The van der Waals surface area contributed by atoms with E-state index < -0.39 is 0 Å². The number of hydrogen-bond donors (Lipinski definition) is 2. The molecule has 2 N–H and O–H groups in total. The number of carbonyl (C=O) groups is 1. The van der Waals surface area contributed by atoms with E-state index in [0.717, 1.165) is 35.1 Å². The highest BCUT2D eigenvalue weighted by atomic mass is 16.2. The Morgan fingerprint density at radius 3 is 2.83 bits per heavy atom. The van der Waals surface area contributed by atoms with Crippen molar-refractivity contribution in [1.82, 2.24) is 19.9 Å². The number of nitrogens with zero attached hydrogens (tertiary/aromatic N) is 2. The molecule has 4 rings (SSSR count). The van der Waals surface area contributed by atoms with Crippen LogP contribution in [0.5, 0.6) is 0 Å². The van der Waals surface area contributed by atoms with Crippen LogP contribution in [0.4, 0.5) is 0 Å². The SMILES string of the molecule is Cc1ccc2[nH]c(C(=O)N[C@H](c3nccn3C)C3CC3)c(C)c2c1. The summed E-state index contributed by atoms with van der Waals surface area (Å²) in [4.78, 5) is 20.6. The number of fused-ring (bicyclic) bond motifs is 1. The quantitative estimate of drug-likeness (QED) is 0.773. The lowest BCUT2D eigenvalue weighted by molar-refractivity contribution is 0.0924. The minimum atomic E-state index is -0.0544. The van der Waals surface area contributed by atoms with E-state index in [1.807, 2.05) is 30.8 Å². The summed E-state index contributed by atoms with van der Waals surface area (Å²) in [6, 6.07) is 6.19. The monoisotopic (exact) mass is 322 g/mol. The van der Waals surface area contributed by atoms with Gasteiger partial charge in [0.25, 0.3) is 5.91 Å². The average molecular weight is 322 g/mol. The Morgan fingerprint density at radius 1 is 1.38 bits per heavy atom. The zero-order valence-corrected chi connectivity index (χ0v) is 14.3. The van der Waals surface area contributed by atoms with Gasteiger partial charge in [0.15, 0.2) is 0 Å². The van der Waals surface area contributed by atoms with Gasteiger partial charge in [-0.2, -0.15) is 0 Å². The molecule has 0 saturated heterocycles. The van der Waals surface area contributed by atoms with Gasteiger partial charge in [0, 0.05) is 30.3 Å². The molecule has 1 saturated carbocycles. The summed E-state index contributed by atoms with van der Waals surface area (Å²) in [6.07, 6.45) is 5.99. The first kappa shape index (κ1) is 15.0. The second kappa shape index (κ2) is 5.51. The molecule has 3 aromatic rings. The summed E-state index contributed by atoms with van der Waals surface area (Å²) in [5, 5.41) is 4.31. The number of rotatable bonds is 4. The van der Waals surface area contributed by atoms with E-state index >= 15 is 0 Å². The number of carbonyl (C=O) groups excluding carboxylic acids is 1. The lowest BCUT2D eigenvalue weighted by atomic mass is 10.1. The molecule has 5 heteroatoms. The number of H-pyrrole nitrogens is 1. The minimum absolute atomic E-state index is 0.0231. The van der Waals surface area contributed by atoms with Crippen LogP contribution in [-0.4, -0.2) is 20.4 Å². The smallest absolute Gasteiger partial charge is 0.268 e. The normalized spacial score (nSPS) is 15.6. The number of imidazole rings is 1. The average Bonchev–Trinajstić information content (AvgIpc) is 3.24. The van der Waals surface area contributed by atoms with Crippen LogP contribution in [0.2, 0.25) is 0 Å². The first-order valence-corrected chi connectivity index (χ1v) is 8.41. The van der Waals surface area contributed by atoms with Gasteiger partial charge in [-0.25, -0.2) is 4.98 Å². The zero-order chi connectivity index (χ0) is 16.8. The van der Waals surface area contributed by atoms with Crippen LogP contribution < -0.4 is 5.32 Å². The number of hydrogen-bond acceptors (Lipinski definition) is 2. The molecule has 0 radical (unpaired) electrons. The van der Waals surface area contributed by atoms with Crippen LogP contribution in [0.15, 0.2) is 30.6 Å². The molecule has 1 amide bonds. The van der Waals surface area contributed by atoms with E-state index in [2.05, 4.69) is 34.3 Å². The predicted octanol–water partition coefficient (Wildman–Crippen LogP) is 3.40. The number of aryl methyl sites for hydroxylation is 3. The largest absolute Gasteiger partial charge is 0.350 e. The zero-order valence-electron chi connectivity index (χ0n) is 14.3. The van der Waals surface area contributed by atoms with Crippen molar-refractivity contribution in [3.63, 3.8) is 0 Å². The Hall–Kier alpha value is -2.56. The first-order chi connectivity index (χ1) is 11.5. The molecule has 5 nitrogen and oxygen atoms in total. The van der Waals surface area contributed by atoms with E-state index in [9.17, 15) is 4.79 Å². The Balaban J connectivity index is 1.66. The Bertz CT molecular complexity index is 917. The molecule has 1 aliphatic rings. The van der Waals surface area contributed by atoms with Gasteiger partial charge in [-0.3, -0.25) is 4.79 Å². The maximum atomic E-state index is 12.9. The number of amides is 1. The van der Waals surface area contributed by atoms with E-state index in [0.29, 0.717) is 11.6 Å². The third kappa shape index (κ3) is 2.50. The maximum Gasteiger partial charge on any atom is 0.268 e. The highest BCUT2D eigenvalue weighted by molar-refractivity contribution is 6.01. The molecular formula is C19H22N4O. The molecule has 0 spiro atoms. The summed E-state index contributed by atoms with van der Waals surface area (Å²) >= 11 is 0.